The largest absolute Gasteiger partial charge is 0.296 e. The van der Waals surface area contributed by atoms with E-state index in [1.165, 1.54) is 12.1 Å². The molecule has 0 radical (unpaired) electrons. The number of hydrogen-bond donors (Lipinski definition) is 0. The van der Waals surface area contributed by atoms with Gasteiger partial charge in [-0.05, 0) is 47.7 Å². The van der Waals surface area contributed by atoms with Crippen molar-refractivity contribution in [3.63, 3.8) is 0 Å². The Bertz CT molecular complexity index is 1010. The van der Waals surface area contributed by atoms with Gasteiger partial charge in [-0.1, -0.05) is 13.0 Å². The lowest BCUT2D eigenvalue weighted by Gasteiger charge is -2.05. The molecule has 4 aromatic rings. The maximum atomic E-state index is 13.3. The third-order valence-electron chi connectivity index (χ3n) is 3.89. The van der Waals surface area contributed by atoms with E-state index in [9.17, 15) is 9.18 Å². The van der Waals surface area contributed by atoms with Crippen molar-refractivity contribution >= 4 is 33.9 Å². The monoisotopic (exact) mass is 356 g/mol. The fraction of sp³-hybridized carbons (Fsp3) is 0.111. The van der Waals surface area contributed by atoms with Crippen LogP contribution in [-0.4, -0.2) is 15.7 Å². The van der Waals surface area contributed by atoms with Crippen molar-refractivity contribution in [1.29, 1.82) is 0 Å². The van der Waals surface area contributed by atoms with Crippen LogP contribution in [0.4, 0.5) is 4.39 Å². The van der Waals surface area contributed by atoms with Gasteiger partial charge in [0, 0.05) is 4.88 Å². The first-order chi connectivity index (χ1) is 11.7. The van der Waals surface area contributed by atoms with E-state index in [2.05, 4.69) is 11.9 Å². The van der Waals surface area contributed by atoms with E-state index in [-0.39, 0.29) is 5.82 Å². The van der Waals surface area contributed by atoms with Crippen molar-refractivity contribution in [2.75, 3.05) is 0 Å². The van der Waals surface area contributed by atoms with Gasteiger partial charge in [0.25, 0.3) is 0 Å². The Hall–Kier alpha value is -2.31. The summed E-state index contributed by atoms with van der Waals surface area (Å²) in [5.74, 6) is -0.274. The summed E-state index contributed by atoms with van der Waals surface area (Å²) in [7, 11) is 0. The molecule has 1 aromatic carbocycles. The first-order valence-corrected chi connectivity index (χ1v) is 9.21. The summed E-state index contributed by atoms with van der Waals surface area (Å²) in [5, 5.41) is 1.97. The summed E-state index contributed by atoms with van der Waals surface area (Å²) in [6.07, 6.45) is 1.68. The van der Waals surface area contributed by atoms with E-state index in [0.717, 1.165) is 38.7 Å². The van der Waals surface area contributed by atoms with Gasteiger partial charge in [0.05, 0.1) is 10.6 Å². The van der Waals surface area contributed by atoms with Crippen molar-refractivity contribution in [2.24, 2.45) is 0 Å². The Morgan fingerprint density at radius 1 is 1.25 bits per heavy atom. The van der Waals surface area contributed by atoms with Crippen LogP contribution in [0.25, 0.3) is 26.8 Å². The van der Waals surface area contributed by atoms with Crippen LogP contribution in [0.2, 0.25) is 0 Å². The Labute approximate surface area is 146 Å². The highest BCUT2D eigenvalue weighted by Crippen LogP contribution is 2.37. The molecular formula is C18H13FN2OS2. The number of aryl methyl sites for hydroxylation is 1. The SMILES string of the molecule is CCc1sc2nc(-c3cccs3)c(C=O)n2c1-c1ccc(F)cc1. The molecule has 0 fully saturated rings. The zero-order valence-electron chi connectivity index (χ0n) is 12.8. The zero-order chi connectivity index (χ0) is 16.7. The molecule has 3 aromatic heterocycles. The van der Waals surface area contributed by atoms with Gasteiger partial charge in [-0.3, -0.25) is 9.20 Å². The lowest BCUT2D eigenvalue weighted by Crippen LogP contribution is -1.96. The van der Waals surface area contributed by atoms with Crippen molar-refractivity contribution in [3.8, 4) is 21.8 Å². The molecule has 3 heterocycles. The standard InChI is InChI=1S/C18H13FN2OS2/c1-2-14-17(11-5-7-12(19)8-6-11)21-13(10-22)16(20-18(21)24-14)15-4-3-9-23-15/h3-10H,2H2,1H3. The van der Waals surface area contributed by atoms with Crippen molar-refractivity contribution in [2.45, 2.75) is 13.3 Å². The number of imidazole rings is 1. The minimum absolute atomic E-state index is 0.274. The number of thiazole rings is 1. The number of halogens is 1. The minimum Gasteiger partial charge on any atom is -0.296 e. The van der Waals surface area contributed by atoms with E-state index >= 15 is 0 Å². The average Bonchev–Trinajstić information content (AvgIpc) is 3.29. The number of thiophene rings is 1. The smallest absolute Gasteiger partial charge is 0.195 e. The van der Waals surface area contributed by atoms with Gasteiger partial charge < -0.3 is 0 Å². The van der Waals surface area contributed by atoms with Crippen LogP contribution < -0.4 is 0 Å². The molecule has 4 rings (SSSR count). The van der Waals surface area contributed by atoms with Gasteiger partial charge >= 0.3 is 0 Å². The fourth-order valence-corrected chi connectivity index (χ4v) is 4.63. The predicted octanol–water partition coefficient (Wildman–Crippen LogP) is 5.31. The van der Waals surface area contributed by atoms with Crippen LogP contribution in [0.3, 0.4) is 0 Å². The van der Waals surface area contributed by atoms with E-state index in [1.807, 2.05) is 21.9 Å². The molecule has 24 heavy (non-hydrogen) atoms. The molecule has 0 atom stereocenters. The molecular weight excluding hydrogens is 343 g/mol. The van der Waals surface area contributed by atoms with Gasteiger partial charge in [-0.2, -0.15) is 0 Å². The summed E-state index contributed by atoms with van der Waals surface area (Å²) in [5.41, 5.74) is 3.06. The van der Waals surface area contributed by atoms with E-state index in [0.29, 0.717) is 11.4 Å². The van der Waals surface area contributed by atoms with Crippen LogP contribution in [0, 0.1) is 5.82 Å². The molecule has 0 unspecified atom stereocenters. The van der Waals surface area contributed by atoms with Crippen LogP contribution >= 0.6 is 22.7 Å². The highest BCUT2D eigenvalue weighted by molar-refractivity contribution is 7.17. The zero-order valence-corrected chi connectivity index (χ0v) is 14.5. The molecule has 0 aliphatic carbocycles. The molecule has 0 spiro atoms. The molecule has 0 aliphatic heterocycles. The summed E-state index contributed by atoms with van der Waals surface area (Å²) < 4.78 is 15.2. The van der Waals surface area contributed by atoms with Gasteiger partial charge in [0.1, 0.15) is 17.2 Å². The van der Waals surface area contributed by atoms with Crippen LogP contribution in [0.1, 0.15) is 22.3 Å². The van der Waals surface area contributed by atoms with Crippen molar-refractivity contribution in [3.05, 3.63) is 58.2 Å². The quantitative estimate of drug-likeness (QED) is 0.465. The molecule has 0 amide bonds. The normalized spacial score (nSPS) is 11.2. The highest BCUT2D eigenvalue weighted by atomic mass is 32.1. The van der Waals surface area contributed by atoms with Crippen molar-refractivity contribution in [1.82, 2.24) is 9.38 Å². The molecule has 0 saturated heterocycles. The molecule has 120 valence electrons. The molecule has 0 bridgehead atoms. The van der Waals surface area contributed by atoms with Gasteiger partial charge in [-0.15, -0.1) is 22.7 Å². The number of aromatic nitrogens is 2. The number of carbonyl (C=O) groups is 1. The summed E-state index contributed by atoms with van der Waals surface area (Å²) in [4.78, 5) is 19.4. The van der Waals surface area contributed by atoms with Crippen LogP contribution in [0.15, 0.2) is 41.8 Å². The molecule has 6 heteroatoms. The number of fused-ring (bicyclic) bond motifs is 1. The Morgan fingerprint density at radius 2 is 2.04 bits per heavy atom. The molecule has 0 aliphatic rings. The number of benzene rings is 1. The maximum absolute atomic E-state index is 13.3. The van der Waals surface area contributed by atoms with Crippen LogP contribution in [-0.2, 0) is 6.42 Å². The fourth-order valence-electron chi connectivity index (χ4n) is 2.82. The van der Waals surface area contributed by atoms with Gasteiger partial charge in [-0.25, -0.2) is 9.37 Å². The topological polar surface area (TPSA) is 34.4 Å². The Balaban J connectivity index is 2.04. The number of aldehydes is 1. The predicted molar refractivity (Wildman–Crippen MR) is 96.5 cm³/mol. The second-order valence-corrected chi connectivity index (χ2v) is 7.30. The van der Waals surface area contributed by atoms with Crippen LogP contribution in [0.5, 0.6) is 0 Å². The molecule has 0 saturated carbocycles. The summed E-state index contributed by atoms with van der Waals surface area (Å²) >= 11 is 3.13. The maximum Gasteiger partial charge on any atom is 0.195 e. The lowest BCUT2D eigenvalue weighted by atomic mass is 10.1. The third-order valence-corrected chi connectivity index (χ3v) is 5.95. The Morgan fingerprint density at radius 3 is 2.67 bits per heavy atom. The second kappa shape index (κ2) is 5.96. The number of carbonyl (C=O) groups excluding carboxylic acids is 1. The first-order valence-electron chi connectivity index (χ1n) is 7.52. The number of hydrogen-bond acceptors (Lipinski definition) is 4. The average molecular weight is 356 g/mol. The van der Waals surface area contributed by atoms with E-state index in [4.69, 9.17) is 0 Å². The van der Waals surface area contributed by atoms with Gasteiger partial charge in [0.15, 0.2) is 11.2 Å². The van der Waals surface area contributed by atoms with E-state index < -0.39 is 0 Å². The number of rotatable bonds is 4. The third kappa shape index (κ3) is 2.30. The molecule has 3 nitrogen and oxygen atoms in total. The number of nitrogens with zero attached hydrogens (tertiary/aromatic N) is 2. The summed E-state index contributed by atoms with van der Waals surface area (Å²) in [6.45, 7) is 2.07. The molecule has 0 N–H and O–H groups in total. The van der Waals surface area contributed by atoms with Crippen molar-refractivity contribution < 1.29 is 9.18 Å². The minimum atomic E-state index is -0.274. The highest BCUT2D eigenvalue weighted by Gasteiger charge is 2.22. The van der Waals surface area contributed by atoms with Gasteiger partial charge in [0.2, 0.25) is 0 Å². The second-order valence-electron chi connectivity index (χ2n) is 5.29. The Kier molecular flexibility index (Phi) is 3.78. The summed E-state index contributed by atoms with van der Waals surface area (Å²) in [6, 6.07) is 10.3. The first kappa shape index (κ1) is 15.2. The lowest BCUT2D eigenvalue weighted by molar-refractivity contribution is 0.111. The van der Waals surface area contributed by atoms with E-state index in [1.54, 1.807) is 34.8 Å².